The van der Waals surface area contributed by atoms with Gasteiger partial charge in [0.25, 0.3) is 0 Å². The Balaban J connectivity index is 1.96. The molecule has 0 N–H and O–H groups in total. The molecule has 106 valence electrons. The maximum absolute atomic E-state index is 9.56. The highest BCUT2D eigenvalue weighted by molar-refractivity contribution is 6.09. The Labute approximate surface area is 129 Å². The molecule has 0 amide bonds. The highest BCUT2D eigenvalue weighted by Gasteiger charge is 2.36. The number of fused-ring (bicyclic) bond motifs is 9. The van der Waals surface area contributed by atoms with E-state index >= 15 is 0 Å². The molecule has 1 heterocycles. The summed E-state index contributed by atoms with van der Waals surface area (Å²) in [5.41, 5.74) is 4.80. The van der Waals surface area contributed by atoms with Crippen molar-refractivity contribution in [3.63, 3.8) is 0 Å². The maximum atomic E-state index is 9.56. The highest BCUT2D eigenvalue weighted by Crippen LogP contribution is 2.52. The first-order valence-electron chi connectivity index (χ1n) is 8.11. The summed E-state index contributed by atoms with van der Waals surface area (Å²) in [6.07, 6.45) is 7.31. The van der Waals surface area contributed by atoms with E-state index in [0.717, 1.165) is 21.9 Å². The molecule has 0 aliphatic heterocycles. The van der Waals surface area contributed by atoms with Gasteiger partial charge in [0, 0.05) is 22.4 Å². The molecule has 0 spiro atoms. The van der Waals surface area contributed by atoms with Gasteiger partial charge in [0.1, 0.15) is 0 Å². The predicted octanol–water partition coefficient (Wildman–Crippen LogP) is 5.01. The molecule has 2 nitrogen and oxygen atoms in total. The van der Waals surface area contributed by atoms with Crippen molar-refractivity contribution in [2.75, 3.05) is 0 Å². The van der Waals surface area contributed by atoms with Crippen molar-refractivity contribution in [2.45, 2.75) is 37.5 Å². The second-order valence-electron chi connectivity index (χ2n) is 6.67. The Hall–Kier alpha value is -2.40. The molecule has 1 saturated carbocycles. The van der Waals surface area contributed by atoms with E-state index in [1.165, 1.54) is 42.2 Å². The van der Waals surface area contributed by atoms with Crippen molar-refractivity contribution in [3.8, 4) is 6.07 Å². The fourth-order valence-electron chi connectivity index (χ4n) is 4.67. The van der Waals surface area contributed by atoms with Gasteiger partial charge in [-0.3, -0.25) is 4.98 Å². The Morgan fingerprint density at radius 1 is 1.05 bits per heavy atom. The standard InChI is InChI=1S/C20H16N2/c21-10-14-9-17-19-13-5-3-4-12(8-13)18(19)11-22-20(17)16-7-2-1-6-15(14)16/h1-2,6-7,9,11-13H,3-5,8H2. The molecule has 2 aliphatic carbocycles. The van der Waals surface area contributed by atoms with Crippen molar-refractivity contribution in [3.05, 3.63) is 53.2 Å². The van der Waals surface area contributed by atoms with Crippen LogP contribution in [0.1, 0.15) is 54.2 Å². The van der Waals surface area contributed by atoms with E-state index in [2.05, 4.69) is 24.4 Å². The van der Waals surface area contributed by atoms with E-state index < -0.39 is 0 Å². The van der Waals surface area contributed by atoms with Gasteiger partial charge in [-0.15, -0.1) is 0 Å². The van der Waals surface area contributed by atoms with Crippen LogP contribution in [0, 0.1) is 11.3 Å². The summed E-state index contributed by atoms with van der Waals surface area (Å²) >= 11 is 0. The normalized spacial score (nSPS) is 22.7. The number of hydrogen-bond donors (Lipinski definition) is 0. The van der Waals surface area contributed by atoms with Gasteiger partial charge in [-0.2, -0.15) is 5.26 Å². The monoisotopic (exact) mass is 284 g/mol. The van der Waals surface area contributed by atoms with Crippen LogP contribution in [-0.4, -0.2) is 4.98 Å². The van der Waals surface area contributed by atoms with Crippen LogP contribution in [0.3, 0.4) is 0 Å². The molecule has 0 radical (unpaired) electrons. The number of hydrogen-bond acceptors (Lipinski definition) is 2. The molecule has 0 saturated heterocycles. The quantitative estimate of drug-likeness (QED) is 0.544. The number of nitriles is 1. The van der Waals surface area contributed by atoms with Crippen LogP contribution in [0.2, 0.25) is 0 Å². The van der Waals surface area contributed by atoms with E-state index in [1.54, 1.807) is 0 Å². The van der Waals surface area contributed by atoms with Crippen molar-refractivity contribution >= 4 is 21.7 Å². The first kappa shape index (κ1) is 12.2. The molecule has 2 aliphatic rings. The molecular formula is C20H16N2. The van der Waals surface area contributed by atoms with E-state index in [1.807, 2.05) is 18.2 Å². The average molecular weight is 284 g/mol. The van der Waals surface area contributed by atoms with Crippen LogP contribution in [0.25, 0.3) is 21.7 Å². The third kappa shape index (κ3) is 1.46. The van der Waals surface area contributed by atoms with Crippen LogP contribution >= 0.6 is 0 Å². The lowest BCUT2D eigenvalue weighted by Gasteiger charge is -2.18. The lowest BCUT2D eigenvalue weighted by Crippen LogP contribution is -2.01. The van der Waals surface area contributed by atoms with Gasteiger partial charge in [-0.05, 0) is 48.3 Å². The topological polar surface area (TPSA) is 36.7 Å². The zero-order chi connectivity index (χ0) is 14.7. The zero-order valence-corrected chi connectivity index (χ0v) is 12.3. The van der Waals surface area contributed by atoms with Gasteiger partial charge in [0.2, 0.25) is 0 Å². The summed E-state index contributed by atoms with van der Waals surface area (Å²) in [4.78, 5) is 4.81. The van der Waals surface area contributed by atoms with Gasteiger partial charge >= 0.3 is 0 Å². The zero-order valence-electron chi connectivity index (χ0n) is 12.3. The molecule has 2 atom stereocenters. The Bertz CT molecular complexity index is 965. The van der Waals surface area contributed by atoms with Gasteiger partial charge in [0.05, 0.1) is 17.1 Å². The molecule has 5 rings (SSSR count). The molecule has 1 aromatic heterocycles. The summed E-state index contributed by atoms with van der Waals surface area (Å²) in [5, 5.41) is 12.9. The lowest BCUT2D eigenvalue weighted by molar-refractivity contribution is 0.436. The first-order chi connectivity index (χ1) is 10.9. The first-order valence-corrected chi connectivity index (χ1v) is 8.11. The molecule has 3 aromatic rings. The number of rotatable bonds is 0. The molecular weight excluding hydrogens is 268 g/mol. The van der Waals surface area contributed by atoms with Gasteiger partial charge < -0.3 is 0 Å². The fourth-order valence-corrected chi connectivity index (χ4v) is 4.67. The van der Waals surface area contributed by atoms with Crippen LogP contribution in [0.5, 0.6) is 0 Å². The minimum atomic E-state index is 0.673. The van der Waals surface area contributed by atoms with Crippen LogP contribution in [0.4, 0.5) is 0 Å². The average Bonchev–Trinajstić information content (AvgIpc) is 2.84. The SMILES string of the molecule is N#Cc1cc2c3c(cnc2c2ccccc12)C1CCCC3C1. The maximum Gasteiger partial charge on any atom is 0.0998 e. The molecule has 22 heavy (non-hydrogen) atoms. The number of aromatic nitrogens is 1. The summed E-state index contributed by atoms with van der Waals surface area (Å²) < 4.78 is 0. The van der Waals surface area contributed by atoms with Gasteiger partial charge in [-0.25, -0.2) is 0 Å². The smallest absolute Gasteiger partial charge is 0.0998 e. The van der Waals surface area contributed by atoms with E-state index in [9.17, 15) is 5.26 Å². The van der Waals surface area contributed by atoms with Crippen LogP contribution in [0.15, 0.2) is 36.5 Å². The third-order valence-corrected chi connectivity index (χ3v) is 5.59. The van der Waals surface area contributed by atoms with Crippen molar-refractivity contribution in [1.29, 1.82) is 5.26 Å². The summed E-state index contributed by atoms with van der Waals surface area (Å²) in [5.74, 6) is 1.37. The molecule has 2 unspecified atom stereocenters. The van der Waals surface area contributed by atoms with Crippen LogP contribution in [-0.2, 0) is 0 Å². The Morgan fingerprint density at radius 3 is 2.73 bits per heavy atom. The second-order valence-corrected chi connectivity index (χ2v) is 6.67. The predicted molar refractivity (Wildman–Crippen MR) is 87.9 cm³/mol. The fraction of sp³-hybridized carbons (Fsp3) is 0.300. The lowest BCUT2D eigenvalue weighted by atomic mass is 9.86. The van der Waals surface area contributed by atoms with Crippen LogP contribution < -0.4 is 0 Å². The number of nitrogens with zero attached hydrogens (tertiary/aromatic N) is 2. The number of benzene rings is 2. The third-order valence-electron chi connectivity index (χ3n) is 5.59. The molecule has 2 aromatic carbocycles. The molecule has 2 bridgehead atoms. The van der Waals surface area contributed by atoms with Gasteiger partial charge in [0.15, 0.2) is 0 Å². The number of pyridine rings is 1. The summed E-state index contributed by atoms with van der Waals surface area (Å²) in [6.45, 7) is 0. The van der Waals surface area contributed by atoms with E-state index in [4.69, 9.17) is 4.98 Å². The largest absolute Gasteiger partial charge is 0.255 e. The van der Waals surface area contributed by atoms with Gasteiger partial charge in [-0.1, -0.05) is 30.7 Å². The summed E-state index contributed by atoms with van der Waals surface area (Å²) in [6, 6.07) is 12.6. The molecule has 2 heteroatoms. The minimum absolute atomic E-state index is 0.673. The Morgan fingerprint density at radius 2 is 1.86 bits per heavy atom. The summed E-state index contributed by atoms with van der Waals surface area (Å²) in [7, 11) is 0. The van der Waals surface area contributed by atoms with Crippen molar-refractivity contribution in [2.24, 2.45) is 0 Å². The Kier molecular flexibility index (Phi) is 2.38. The highest BCUT2D eigenvalue weighted by atomic mass is 14.7. The minimum Gasteiger partial charge on any atom is -0.255 e. The van der Waals surface area contributed by atoms with E-state index in [0.29, 0.717) is 11.8 Å². The second kappa shape index (κ2) is 4.30. The van der Waals surface area contributed by atoms with E-state index in [-0.39, 0.29) is 0 Å². The molecule has 1 fully saturated rings. The van der Waals surface area contributed by atoms with Crippen molar-refractivity contribution < 1.29 is 0 Å². The van der Waals surface area contributed by atoms with Crippen molar-refractivity contribution in [1.82, 2.24) is 4.98 Å².